The van der Waals surface area contributed by atoms with Gasteiger partial charge in [0.1, 0.15) is 5.69 Å². The summed E-state index contributed by atoms with van der Waals surface area (Å²) in [5.41, 5.74) is 0.433. The first-order valence-corrected chi connectivity index (χ1v) is 7.65. The monoisotopic (exact) mass is 327 g/mol. The average molecular weight is 327 g/mol. The summed E-state index contributed by atoms with van der Waals surface area (Å²) in [4.78, 5) is 12.3. The minimum Gasteiger partial charge on any atom is -0.379 e. The molecule has 0 spiro atoms. The lowest BCUT2D eigenvalue weighted by atomic mass is 10.4. The first-order chi connectivity index (χ1) is 10.1. The van der Waals surface area contributed by atoms with E-state index >= 15 is 0 Å². The maximum Gasteiger partial charge on any atom is 0.456 e. The molecule has 0 aliphatic carbocycles. The van der Waals surface area contributed by atoms with Gasteiger partial charge in [0.05, 0.1) is 4.88 Å². The first kappa shape index (κ1) is 13.8. The Hall–Kier alpha value is -2.20. The Morgan fingerprint density at radius 2 is 2.14 bits per heavy atom. The molecule has 8 nitrogen and oxygen atoms in total. The fourth-order valence-electron chi connectivity index (χ4n) is 1.63. The summed E-state index contributed by atoms with van der Waals surface area (Å²) in [5, 5.41) is 9.12. The highest BCUT2D eigenvalue weighted by Gasteiger charge is 2.23. The summed E-state index contributed by atoms with van der Waals surface area (Å²) in [6.45, 7) is 3.25. The Kier molecular flexibility index (Phi) is 3.47. The third-order valence-electron chi connectivity index (χ3n) is 2.58. The Morgan fingerprint density at radius 1 is 1.33 bits per heavy atom. The van der Waals surface area contributed by atoms with Gasteiger partial charge in [-0.3, -0.25) is 4.52 Å². The average Bonchev–Trinajstić information content (AvgIpc) is 3.15. The van der Waals surface area contributed by atoms with Crippen LogP contribution in [-0.2, 0) is 11.3 Å². The van der Waals surface area contributed by atoms with Crippen molar-refractivity contribution in [3.8, 4) is 16.5 Å². The molecule has 0 amide bonds. The summed E-state index contributed by atoms with van der Waals surface area (Å²) < 4.78 is 27.9. The van der Waals surface area contributed by atoms with E-state index in [9.17, 15) is 9.00 Å². The van der Waals surface area contributed by atoms with Crippen molar-refractivity contribution in [3.05, 3.63) is 39.5 Å². The summed E-state index contributed by atoms with van der Waals surface area (Å²) in [6, 6.07) is 3.51. The van der Waals surface area contributed by atoms with Crippen molar-refractivity contribution < 1.29 is 17.4 Å². The van der Waals surface area contributed by atoms with Gasteiger partial charge in [-0.1, -0.05) is 16.4 Å². The number of aryl methyl sites for hydroxylation is 2. The second-order valence-corrected chi connectivity index (χ2v) is 5.91. The largest absolute Gasteiger partial charge is 0.456 e. The van der Waals surface area contributed by atoms with Crippen LogP contribution in [0.25, 0.3) is 10.7 Å². The van der Waals surface area contributed by atoms with E-state index in [-0.39, 0.29) is 11.6 Å². The van der Waals surface area contributed by atoms with Crippen molar-refractivity contribution in [1.82, 2.24) is 14.3 Å². The van der Waals surface area contributed by atoms with Crippen LogP contribution in [0.4, 0.5) is 0 Å². The number of nitrogens with zero attached hydrogens (tertiary/aromatic N) is 3. The van der Waals surface area contributed by atoms with E-state index in [4.69, 9.17) is 8.71 Å². The zero-order chi connectivity index (χ0) is 15.0. The molecule has 1 unspecified atom stereocenters. The van der Waals surface area contributed by atoms with Gasteiger partial charge in [-0.25, -0.2) is 4.79 Å². The smallest absolute Gasteiger partial charge is 0.379 e. The van der Waals surface area contributed by atoms with Crippen LogP contribution in [0.15, 0.2) is 31.4 Å². The van der Waals surface area contributed by atoms with Crippen molar-refractivity contribution in [3.63, 3.8) is 0 Å². The lowest BCUT2D eigenvalue weighted by molar-refractivity contribution is 0.383. The molecule has 10 heteroatoms. The molecule has 0 saturated carbocycles. The van der Waals surface area contributed by atoms with Gasteiger partial charge in [0, 0.05) is 6.92 Å². The minimum absolute atomic E-state index is 0.139. The standard InChI is InChI=1S/C11H9N3O5S2/c1-6-9(7(2)17-12-6)19-21(16)14-10(13-18-11(14)15)8-4-3-5-20-8/h3-5H,1-2H3. The maximum absolute atomic E-state index is 12.3. The molecule has 0 aromatic carbocycles. The van der Waals surface area contributed by atoms with Crippen molar-refractivity contribution in [2.75, 3.05) is 0 Å². The van der Waals surface area contributed by atoms with E-state index in [0.717, 1.165) is 3.97 Å². The van der Waals surface area contributed by atoms with Crippen LogP contribution in [0.5, 0.6) is 5.75 Å². The molecular formula is C11H9N3O5S2. The lowest BCUT2D eigenvalue weighted by Gasteiger charge is -2.03. The molecule has 0 bridgehead atoms. The Morgan fingerprint density at radius 3 is 2.76 bits per heavy atom. The van der Waals surface area contributed by atoms with Gasteiger partial charge in [-0.2, -0.15) is 4.21 Å². The van der Waals surface area contributed by atoms with Gasteiger partial charge in [0.15, 0.2) is 5.76 Å². The van der Waals surface area contributed by atoms with Gasteiger partial charge >= 0.3 is 17.0 Å². The molecule has 3 aromatic rings. The van der Waals surface area contributed by atoms with Gasteiger partial charge < -0.3 is 8.71 Å². The number of aromatic nitrogens is 3. The first-order valence-electron chi connectivity index (χ1n) is 5.74. The zero-order valence-corrected chi connectivity index (χ0v) is 12.6. The molecule has 110 valence electrons. The predicted molar refractivity (Wildman–Crippen MR) is 74.2 cm³/mol. The molecule has 0 fully saturated rings. The van der Waals surface area contributed by atoms with Crippen molar-refractivity contribution >= 4 is 22.6 Å². The molecule has 0 aliphatic rings. The third kappa shape index (κ3) is 2.43. The SMILES string of the molecule is Cc1noc(C)c1OS(=O)n1c(-c2cccs2)noc1=O. The molecule has 21 heavy (non-hydrogen) atoms. The quantitative estimate of drug-likeness (QED) is 0.718. The Bertz CT molecular complexity index is 826. The van der Waals surface area contributed by atoms with Crippen LogP contribution in [0.3, 0.4) is 0 Å². The van der Waals surface area contributed by atoms with Crippen LogP contribution in [-0.4, -0.2) is 18.5 Å². The summed E-state index contributed by atoms with van der Waals surface area (Å²) in [5.74, 6) is -0.148. The summed E-state index contributed by atoms with van der Waals surface area (Å²) in [7, 11) is 0. The van der Waals surface area contributed by atoms with E-state index in [2.05, 4.69) is 14.8 Å². The maximum atomic E-state index is 12.3. The van der Waals surface area contributed by atoms with E-state index in [1.54, 1.807) is 31.4 Å². The molecule has 0 radical (unpaired) electrons. The Labute approximate surface area is 124 Å². The topological polar surface area (TPSA) is 100 Å². The molecule has 0 saturated heterocycles. The highest BCUT2D eigenvalue weighted by Crippen LogP contribution is 2.25. The molecule has 3 heterocycles. The number of thiophene rings is 1. The fraction of sp³-hybridized carbons (Fsp3) is 0.182. The molecule has 3 rings (SSSR count). The van der Waals surface area contributed by atoms with Crippen LogP contribution >= 0.6 is 11.3 Å². The van der Waals surface area contributed by atoms with Crippen LogP contribution < -0.4 is 9.94 Å². The molecular weight excluding hydrogens is 318 g/mol. The van der Waals surface area contributed by atoms with Crippen LogP contribution in [0.2, 0.25) is 0 Å². The van der Waals surface area contributed by atoms with E-state index in [1.165, 1.54) is 11.3 Å². The zero-order valence-electron chi connectivity index (χ0n) is 10.9. The van der Waals surface area contributed by atoms with E-state index < -0.39 is 17.0 Å². The molecule has 0 aliphatic heterocycles. The normalized spacial score (nSPS) is 12.5. The minimum atomic E-state index is -2.16. The van der Waals surface area contributed by atoms with E-state index in [1.807, 2.05) is 0 Å². The summed E-state index contributed by atoms with van der Waals surface area (Å²) in [6.07, 6.45) is 0. The number of rotatable bonds is 4. The van der Waals surface area contributed by atoms with E-state index in [0.29, 0.717) is 16.3 Å². The lowest BCUT2D eigenvalue weighted by Crippen LogP contribution is -2.23. The second-order valence-electron chi connectivity index (χ2n) is 4.00. The van der Waals surface area contributed by atoms with Gasteiger partial charge in [0.2, 0.25) is 11.6 Å². The second kappa shape index (κ2) is 5.30. The number of hydrogen-bond donors (Lipinski definition) is 0. The third-order valence-corrected chi connectivity index (χ3v) is 4.38. The van der Waals surface area contributed by atoms with Crippen molar-refractivity contribution in [2.45, 2.75) is 13.8 Å². The number of hydrogen-bond acceptors (Lipinski definition) is 8. The molecule has 0 N–H and O–H groups in total. The predicted octanol–water partition coefficient (Wildman–Crippen LogP) is 1.68. The Balaban J connectivity index is 2.00. The van der Waals surface area contributed by atoms with Crippen LogP contribution in [0, 0.1) is 13.8 Å². The molecule has 1 atom stereocenters. The van der Waals surface area contributed by atoms with Crippen LogP contribution in [0.1, 0.15) is 11.5 Å². The van der Waals surface area contributed by atoms with Gasteiger partial charge in [0.25, 0.3) is 0 Å². The molecule has 3 aromatic heterocycles. The highest BCUT2D eigenvalue weighted by atomic mass is 32.2. The fourth-order valence-corrected chi connectivity index (χ4v) is 3.26. The van der Waals surface area contributed by atoms with Gasteiger partial charge in [-0.15, -0.1) is 15.3 Å². The summed E-state index contributed by atoms with van der Waals surface area (Å²) >= 11 is -0.823. The van der Waals surface area contributed by atoms with Crippen molar-refractivity contribution in [1.29, 1.82) is 0 Å². The van der Waals surface area contributed by atoms with Gasteiger partial charge in [-0.05, 0) is 18.4 Å². The van der Waals surface area contributed by atoms with Crippen molar-refractivity contribution in [2.24, 2.45) is 0 Å². The highest BCUT2D eigenvalue weighted by molar-refractivity contribution is 7.79.